The van der Waals surface area contributed by atoms with Crippen LogP contribution in [0.25, 0.3) is 0 Å². The third kappa shape index (κ3) is 12.5. The zero-order chi connectivity index (χ0) is 23.4. The van der Waals surface area contributed by atoms with Gasteiger partial charge in [-0.15, -0.1) is 0 Å². The molecule has 1 aromatic rings. The Morgan fingerprint density at radius 1 is 1.06 bits per heavy atom. The van der Waals surface area contributed by atoms with Gasteiger partial charge in [0, 0.05) is 30.2 Å². The van der Waals surface area contributed by atoms with Gasteiger partial charge in [-0.25, -0.2) is 4.99 Å². The van der Waals surface area contributed by atoms with Crippen molar-refractivity contribution in [1.29, 1.82) is 0 Å². The van der Waals surface area contributed by atoms with Crippen molar-refractivity contribution in [2.75, 3.05) is 18.4 Å². The Balaban J connectivity index is 2.76. The lowest BCUT2D eigenvalue weighted by Crippen LogP contribution is -2.42. The van der Waals surface area contributed by atoms with Crippen LogP contribution in [0.1, 0.15) is 61.3 Å². The van der Waals surface area contributed by atoms with Crippen LogP contribution in [-0.2, 0) is 9.59 Å². The first-order chi connectivity index (χ1) is 14.5. The summed E-state index contributed by atoms with van der Waals surface area (Å²) in [6.07, 6.45) is 1.29. The fourth-order valence-electron chi connectivity index (χ4n) is 2.52. The summed E-state index contributed by atoms with van der Waals surface area (Å²) in [7, 11) is 0. The summed E-state index contributed by atoms with van der Waals surface area (Å²) in [5.74, 6) is 1.00. The lowest BCUT2D eigenvalue weighted by molar-refractivity contribution is -0.122. The van der Waals surface area contributed by atoms with Crippen molar-refractivity contribution in [3.8, 4) is 5.75 Å². The number of aliphatic imine (C=N–C) groups is 1. The van der Waals surface area contributed by atoms with Gasteiger partial charge in [-0.05, 0) is 72.2 Å². The third-order valence-electron chi connectivity index (χ3n) is 4.05. The summed E-state index contributed by atoms with van der Waals surface area (Å²) in [6, 6.07) is 7.63. The molecule has 0 radical (unpaired) electrons. The van der Waals surface area contributed by atoms with E-state index in [1.54, 1.807) is 0 Å². The summed E-state index contributed by atoms with van der Waals surface area (Å²) in [4.78, 5) is 28.5. The maximum absolute atomic E-state index is 12.1. The molecule has 8 heteroatoms. The second kappa shape index (κ2) is 12.8. The molecule has 0 spiro atoms. The molecule has 0 aliphatic carbocycles. The first-order valence-corrected chi connectivity index (χ1v) is 10.9. The summed E-state index contributed by atoms with van der Waals surface area (Å²) < 4.78 is 5.66. The van der Waals surface area contributed by atoms with E-state index in [4.69, 9.17) is 4.74 Å². The zero-order valence-electron chi connectivity index (χ0n) is 20.0. The Morgan fingerprint density at radius 3 is 2.26 bits per heavy atom. The predicted molar refractivity (Wildman–Crippen MR) is 127 cm³/mol. The number of hydrogen-bond acceptors (Lipinski definition) is 4. The van der Waals surface area contributed by atoms with Crippen LogP contribution in [0.2, 0.25) is 0 Å². The number of nitrogens with zero attached hydrogens (tertiary/aromatic N) is 1. The normalized spacial score (nSPS) is 12.8. The summed E-state index contributed by atoms with van der Waals surface area (Å²) in [5.41, 5.74) is 0.469. The molecule has 1 atom stereocenters. The largest absolute Gasteiger partial charge is 0.491 e. The minimum absolute atomic E-state index is 0.0261. The number of guanidine groups is 1. The first-order valence-electron chi connectivity index (χ1n) is 10.9. The minimum Gasteiger partial charge on any atom is -0.491 e. The number of anilines is 1. The van der Waals surface area contributed by atoms with Gasteiger partial charge in [-0.1, -0.05) is 6.92 Å². The minimum atomic E-state index is -0.325. The SMILES string of the molecule is CCC(C)NC(=O)CCNC(=NCC(=O)NC(C)(C)C)Nc1ccc(OC(C)C)cc1. The number of hydrogen-bond donors (Lipinski definition) is 4. The van der Waals surface area contributed by atoms with E-state index in [1.165, 1.54) is 0 Å². The van der Waals surface area contributed by atoms with Gasteiger partial charge in [-0.2, -0.15) is 0 Å². The second-order valence-electron chi connectivity index (χ2n) is 8.83. The van der Waals surface area contributed by atoms with Gasteiger partial charge in [0.05, 0.1) is 6.10 Å². The van der Waals surface area contributed by atoms with E-state index in [0.29, 0.717) is 18.9 Å². The Bertz CT molecular complexity index is 724. The van der Waals surface area contributed by atoms with E-state index in [2.05, 4.69) is 26.3 Å². The van der Waals surface area contributed by atoms with Gasteiger partial charge >= 0.3 is 0 Å². The highest BCUT2D eigenvalue weighted by atomic mass is 16.5. The molecule has 2 amide bonds. The maximum atomic E-state index is 12.1. The molecule has 0 heterocycles. The van der Waals surface area contributed by atoms with Crippen LogP contribution in [0.4, 0.5) is 5.69 Å². The summed E-state index contributed by atoms with van der Waals surface area (Å²) in [5, 5.41) is 12.1. The molecule has 8 nitrogen and oxygen atoms in total. The van der Waals surface area contributed by atoms with Crippen LogP contribution in [0.5, 0.6) is 5.75 Å². The molecule has 0 saturated heterocycles. The molecule has 174 valence electrons. The van der Waals surface area contributed by atoms with Crippen LogP contribution < -0.4 is 26.0 Å². The maximum Gasteiger partial charge on any atom is 0.242 e. The Morgan fingerprint density at radius 2 is 1.71 bits per heavy atom. The highest BCUT2D eigenvalue weighted by Crippen LogP contribution is 2.16. The number of nitrogens with one attached hydrogen (secondary N) is 4. The van der Waals surface area contributed by atoms with Gasteiger partial charge < -0.3 is 26.0 Å². The predicted octanol–water partition coefficient (Wildman–Crippen LogP) is 3.05. The highest BCUT2D eigenvalue weighted by Gasteiger charge is 2.13. The topological polar surface area (TPSA) is 104 Å². The van der Waals surface area contributed by atoms with Gasteiger partial charge in [0.25, 0.3) is 0 Å². The van der Waals surface area contributed by atoms with Gasteiger partial charge in [-0.3, -0.25) is 9.59 Å². The lowest BCUT2D eigenvalue weighted by Gasteiger charge is -2.20. The molecular formula is C23H39N5O3. The average Bonchev–Trinajstić information content (AvgIpc) is 2.65. The first kappa shape index (κ1) is 26.3. The monoisotopic (exact) mass is 433 g/mol. The van der Waals surface area contributed by atoms with E-state index in [9.17, 15) is 9.59 Å². The molecule has 1 aromatic carbocycles. The average molecular weight is 434 g/mol. The number of benzene rings is 1. The van der Waals surface area contributed by atoms with E-state index >= 15 is 0 Å². The van der Waals surface area contributed by atoms with Crippen molar-refractivity contribution in [2.24, 2.45) is 4.99 Å². The zero-order valence-corrected chi connectivity index (χ0v) is 20.0. The number of carbonyl (C=O) groups is 2. The highest BCUT2D eigenvalue weighted by molar-refractivity contribution is 5.95. The summed E-state index contributed by atoms with van der Waals surface area (Å²) >= 11 is 0. The molecule has 0 aromatic heterocycles. The van der Waals surface area contributed by atoms with Crippen LogP contribution >= 0.6 is 0 Å². The van der Waals surface area contributed by atoms with Crippen LogP contribution in [0, 0.1) is 0 Å². The number of rotatable bonds is 10. The molecule has 0 saturated carbocycles. The Kier molecular flexibility index (Phi) is 10.9. The molecule has 31 heavy (non-hydrogen) atoms. The fourth-order valence-corrected chi connectivity index (χ4v) is 2.52. The van der Waals surface area contributed by atoms with E-state index in [1.807, 2.05) is 72.7 Å². The molecule has 0 fully saturated rings. The van der Waals surface area contributed by atoms with Crippen molar-refractivity contribution in [3.63, 3.8) is 0 Å². The molecule has 0 bridgehead atoms. The quantitative estimate of drug-likeness (QED) is 0.335. The van der Waals surface area contributed by atoms with Gasteiger partial charge in [0.1, 0.15) is 12.3 Å². The van der Waals surface area contributed by atoms with E-state index in [0.717, 1.165) is 17.9 Å². The van der Waals surface area contributed by atoms with Crippen molar-refractivity contribution >= 4 is 23.5 Å². The fraction of sp³-hybridized carbons (Fsp3) is 0.609. The lowest BCUT2D eigenvalue weighted by atomic mass is 10.1. The summed E-state index contributed by atoms with van der Waals surface area (Å²) in [6.45, 7) is 14.1. The second-order valence-corrected chi connectivity index (χ2v) is 8.83. The molecule has 4 N–H and O–H groups in total. The van der Waals surface area contributed by atoms with Crippen molar-refractivity contribution in [2.45, 2.75) is 79.0 Å². The van der Waals surface area contributed by atoms with Crippen LogP contribution in [-0.4, -0.2) is 48.5 Å². The van der Waals surface area contributed by atoms with Crippen LogP contribution in [0.15, 0.2) is 29.3 Å². The molecule has 1 rings (SSSR count). The molecule has 1 unspecified atom stereocenters. The van der Waals surface area contributed by atoms with Gasteiger partial charge in [0.2, 0.25) is 11.8 Å². The van der Waals surface area contributed by atoms with Gasteiger partial charge in [0.15, 0.2) is 5.96 Å². The molecular weight excluding hydrogens is 394 g/mol. The van der Waals surface area contributed by atoms with Crippen LogP contribution in [0.3, 0.4) is 0 Å². The number of ether oxygens (including phenoxy) is 1. The van der Waals surface area contributed by atoms with E-state index in [-0.39, 0.29) is 36.0 Å². The standard InChI is InChI=1S/C23H39N5O3/c1-8-17(4)26-20(29)13-14-24-22(25-15-21(30)28-23(5,6)7)27-18-9-11-19(12-10-18)31-16(2)3/h9-12,16-17H,8,13-15H2,1-7H3,(H,26,29)(H,28,30)(H2,24,25,27). The van der Waals surface area contributed by atoms with E-state index < -0.39 is 0 Å². The molecule has 0 aliphatic heterocycles. The van der Waals surface area contributed by atoms with Crippen molar-refractivity contribution in [1.82, 2.24) is 16.0 Å². The number of carbonyl (C=O) groups excluding carboxylic acids is 2. The molecule has 0 aliphatic rings. The Hall–Kier alpha value is -2.77. The van der Waals surface area contributed by atoms with Crippen molar-refractivity contribution < 1.29 is 14.3 Å². The third-order valence-corrected chi connectivity index (χ3v) is 4.05. The Labute approximate surface area is 186 Å². The smallest absolute Gasteiger partial charge is 0.242 e. The van der Waals surface area contributed by atoms with Crippen molar-refractivity contribution in [3.05, 3.63) is 24.3 Å². The number of amides is 2.